The van der Waals surface area contributed by atoms with Crippen molar-refractivity contribution in [1.29, 1.82) is 0 Å². The van der Waals surface area contributed by atoms with Gasteiger partial charge in [-0.1, -0.05) is 19.9 Å². The van der Waals surface area contributed by atoms with Crippen LogP contribution in [0.5, 0.6) is 11.5 Å². The number of hydrogen-bond donors (Lipinski definition) is 2. The van der Waals surface area contributed by atoms with Crippen molar-refractivity contribution in [2.75, 3.05) is 20.4 Å². The van der Waals surface area contributed by atoms with Gasteiger partial charge < -0.3 is 24.8 Å². The van der Waals surface area contributed by atoms with E-state index in [9.17, 15) is 0 Å². The molecular weight excluding hydrogens is 318 g/mol. The summed E-state index contributed by atoms with van der Waals surface area (Å²) in [5.74, 6) is 2.49. The SMILES string of the molecule is CN=C(NCC(C)(C)c1ccc2c(c1)OCO2)NC1CC2CCC1O2. The van der Waals surface area contributed by atoms with Crippen LogP contribution < -0.4 is 20.1 Å². The molecule has 3 unspecified atom stereocenters. The first-order chi connectivity index (χ1) is 12.0. The maximum absolute atomic E-state index is 5.92. The fourth-order valence-electron chi connectivity index (χ4n) is 3.88. The van der Waals surface area contributed by atoms with Crippen LogP contribution in [0.2, 0.25) is 0 Å². The summed E-state index contributed by atoms with van der Waals surface area (Å²) in [6.45, 7) is 5.50. The molecule has 0 amide bonds. The number of nitrogens with one attached hydrogen (secondary N) is 2. The molecule has 3 aliphatic rings. The van der Waals surface area contributed by atoms with Crippen LogP contribution in [0, 0.1) is 0 Å². The van der Waals surface area contributed by atoms with Gasteiger partial charge in [-0.2, -0.15) is 0 Å². The monoisotopic (exact) mass is 345 g/mol. The summed E-state index contributed by atoms with van der Waals surface area (Å²) < 4.78 is 16.8. The van der Waals surface area contributed by atoms with E-state index >= 15 is 0 Å². The molecule has 2 saturated heterocycles. The Morgan fingerprint density at radius 1 is 1.24 bits per heavy atom. The van der Waals surface area contributed by atoms with Gasteiger partial charge in [0.25, 0.3) is 0 Å². The lowest BCUT2D eigenvalue weighted by molar-refractivity contribution is 0.0992. The smallest absolute Gasteiger partial charge is 0.231 e. The van der Waals surface area contributed by atoms with Gasteiger partial charge in [0.05, 0.1) is 18.2 Å². The van der Waals surface area contributed by atoms with Crippen LogP contribution in [-0.2, 0) is 10.2 Å². The van der Waals surface area contributed by atoms with E-state index in [2.05, 4.69) is 41.6 Å². The Hall–Kier alpha value is -1.95. The minimum absolute atomic E-state index is 0.0657. The molecule has 0 spiro atoms. The summed E-state index contributed by atoms with van der Waals surface area (Å²) >= 11 is 0. The number of rotatable bonds is 4. The van der Waals surface area contributed by atoms with Gasteiger partial charge in [0, 0.05) is 19.0 Å². The number of aliphatic imine (C=N–C) groups is 1. The Morgan fingerprint density at radius 2 is 2.08 bits per heavy atom. The van der Waals surface area contributed by atoms with E-state index in [1.165, 1.54) is 12.0 Å². The molecule has 0 aromatic heterocycles. The molecule has 3 heterocycles. The van der Waals surface area contributed by atoms with Crippen LogP contribution in [-0.4, -0.2) is 44.6 Å². The van der Waals surface area contributed by atoms with Gasteiger partial charge in [0.15, 0.2) is 17.5 Å². The number of guanidine groups is 1. The van der Waals surface area contributed by atoms with Gasteiger partial charge in [-0.25, -0.2) is 0 Å². The Balaban J connectivity index is 1.37. The molecule has 6 nitrogen and oxygen atoms in total. The summed E-state index contributed by atoms with van der Waals surface area (Å²) in [5.41, 5.74) is 1.15. The Morgan fingerprint density at radius 3 is 2.80 bits per heavy atom. The average molecular weight is 345 g/mol. The highest BCUT2D eigenvalue weighted by Crippen LogP contribution is 2.36. The van der Waals surface area contributed by atoms with Gasteiger partial charge in [-0.15, -0.1) is 0 Å². The summed E-state index contributed by atoms with van der Waals surface area (Å²) in [4.78, 5) is 4.38. The molecule has 0 radical (unpaired) electrons. The second kappa shape index (κ2) is 6.41. The molecule has 25 heavy (non-hydrogen) atoms. The van der Waals surface area contributed by atoms with E-state index < -0.39 is 0 Å². The lowest BCUT2D eigenvalue weighted by Crippen LogP contribution is -2.49. The first-order valence-electron chi connectivity index (χ1n) is 9.08. The van der Waals surface area contributed by atoms with Crippen molar-refractivity contribution in [2.24, 2.45) is 4.99 Å². The third-order valence-electron chi connectivity index (χ3n) is 5.50. The Kier molecular flexibility index (Phi) is 4.23. The summed E-state index contributed by atoms with van der Waals surface area (Å²) in [7, 11) is 1.82. The number of benzene rings is 1. The van der Waals surface area contributed by atoms with Gasteiger partial charge in [-0.05, 0) is 37.0 Å². The molecule has 0 aliphatic carbocycles. The van der Waals surface area contributed by atoms with Crippen molar-refractivity contribution >= 4 is 5.96 Å². The van der Waals surface area contributed by atoms with E-state index in [1.54, 1.807) is 0 Å². The lowest BCUT2D eigenvalue weighted by atomic mass is 9.84. The largest absolute Gasteiger partial charge is 0.454 e. The van der Waals surface area contributed by atoms with Crippen molar-refractivity contribution in [3.8, 4) is 11.5 Å². The first-order valence-corrected chi connectivity index (χ1v) is 9.08. The van der Waals surface area contributed by atoms with Crippen molar-refractivity contribution < 1.29 is 14.2 Å². The molecule has 2 fully saturated rings. The first kappa shape index (κ1) is 16.5. The summed E-state index contributed by atoms with van der Waals surface area (Å²) in [6.07, 6.45) is 4.21. The number of nitrogens with zero attached hydrogens (tertiary/aromatic N) is 1. The minimum Gasteiger partial charge on any atom is -0.454 e. The van der Waals surface area contributed by atoms with Crippen molar-refractivity contribution in [1.82, 2.24) is 10.6 Å². The molecule has 136 valence electrons. The second-order valence-electron chi connectivity index (χ2n) is 7.74. The molecule has 1 aromatic rings. The Labute approximate surface area is 148 Å². The van der Waals surface area contributed by atoms with Crippen LogP contribution in [0.25, 0.3) is 0 Å². The molecule has 4 rings (SSSR count). The van der Waals surface area contributed by atoms with E-state index in [1.807, 2.05) is 13.1 Å². The molecule has 6 heteroatoms. The van der Waals surface area contributed by atoms with Crippen LogP contribution in [0.4, 0.5) is 0 Å². The zero-order valence-corrected chi connectivity index (χ0v) is 15.2. The highest BCUT2D eigenvalue weighted by molar-refractivity contribution is 5.80. The maximum atomic E-state index is 5.92. The van der Waals surface area contributed by atoms with Gasteiger partial charge >= 0.3 is 0 Å². The minimum atomic E-state index is -0.0657. The molecule has 0 saturated carbocycles. The zero-order valence-electron chi connectivity index (χ0n) is 15.2. The predicted octanol–water partition coefficient (Wildman–Crippen LogP) is 2.18. The molecule has 1 aromatic carbocycles. The summed E-state index contributed by atoms with van der Waals surface area (Å²) in [5, 5.41) is 7.01. The van der Waals surface area contributed by atoms with Crippen LogP contribution in [0.3, 0.4) is 0 Å². The van der Waals surface area contributed by atoms with E-state index in [4.69, 9.17) is 14.2 Å². The third kappa shape index (κ3) is 3.27. The molecular formula is C19H27N3O3. The fraction of sp³-hybridized carbons (Fsp3) is 0.632. The number of fused-ring (bicyclic) bond motifs is 3. The second-order valence-corrected chi connectivity index (χ2v) is 7.74. The van der Waals surface area contributed by atoms with E-state index in [0.717, 1.165) is 36.8 Å². The number of hydrogen-bond acceptors (Lipinski definition) is 4. The lowest BCUT2D eigenvalue weighted by Gasteiger charge is -2.28. The van der Waals surface area contributed by atoms with Crippen molar-refractivity contribution in [2.45, 2.75) is 56.8 Å². The van der Waals surface area contributed by atoms with Gasteiger partial charge in [0.2, 0.25) is 6.79 Å². The van der Waals surface area contributed by atoms with Crippen molar-refractivity contribution in [3.05, 3.63) is 23.8 Å². The molecule has 3 aliphatic heterocycles. The van der Waals surface area contributed by atoms with E-state index in [0.29, 0.717) is 25.0 Å². The van der Waals surface area contributed by atoms with Crippen LogP contribution in [0.15, 0.2) is 23.2 Å². The maximum Gasteiger partial charge on any atom is 0.231 e. The van der Waals surface area contributed by atoms with Gasteiger partial charge in [0.1, 0.15) is 0 Å². The normalized spacial score (nSPS) is 27.6. The topological polar surface area (TPSA) is 64.1 Å². The zero-order chi connectivity index (χ0) is 17.4. The summed E-state index contributed by atoms with van der Waals surface area (Å²) in [6, 6.07) is 6.54. The predicted molar refractivity (Wildman–Crippen MR) is 96.4 cm³/mol. The fourth-order valence-corrected chi connectivity index (χ4v) is 3.88. The average Bonchev–Trinajstić information content (AvgIpc) is 3.33. The quantitative estimate of drug-likeness (QED) is 0.647. The van der Waals surface area contributed by atoms with Crippen molar-refractivity contribution in [3.63, 3.8) is 0 Å². The van der Waals surface area contributed by atoms with E-state index in [-0.39, 0.29) is 5.41 Å². The van der Waals surface area contributed by atoms with Gasteiger partial charge in [-0.3, -0.25) is 4.99 Å². The molecule has 3 atom stereocenters. The number of ether oxygens (including phenoxy) is 3. The highest BCUT2D eigenvalue weighted by atomic mass is 16.7. The Bertz CT molecular complexity index is 674. The molecule has 2 N–H and O–H groups in total. The third-order valence-corrected chi connectivity index (χ3v) is 5.50. The standard InChI is InChI=1S/C19H27N3O3/c1-19(2,12-4-6-16-17(8-12)24-11-23-16)10-21-18(20-3)22-14-9-13-5-7-15(14)25-13/h4,6,8,13-15H,5,7,9-11H2,1-3H3,(H2,20,21,22). The van der Waals surface area contributed by atoms with Crippen LogP contribution >= 0.6 is 0 Å². The molecule has 2 bridgehead atoms. The highest BCUT2D eigenvalue weighted by Gasteiger charge is 2.41. The van der Waals surface area contributed by atoms with Crippen LogP contribution in [0.1, 0.15) is 38.7 Å².